The van der Waals surface area contributed by atoms with Crippen molar-refractivity contribution in [1.82, 2.24) is 0 Å². The van der Waals surface area contributed by atoms with Gasteiger partial charge in [-0.05, 0) is 17.4 Å². The smallest absolute Gasteiger partial charge is 0.0157 e. The van der Waals surface area contributed by atoms with Gasteiger partial charge in [-0.3, -0.25) is 0 Å². The zero-order chi connectivity index (χ0) is 6.69. The third-order valence-electron chi connectivity index (χ3n) is 1.23. The van der Waals surface area contributed by atoms with Crippen LogP contribution < -0.4 is 0 Å². The van der Waals surface area contributed by atoms with E-state index in [0.717, 1.165) is 20.7 Å². The summed E-state index contributed by atoms with van der Waals surface area (Å²) in [6.07, 6.45) is 7.96. The van der Waals surface area contributed by atoms with Crippen LogP contribution in [0.25, 0.3) is 0 Å². The van der Waals surface area contributed by atoms with Crippen molar-refractivity contribution in [3.8, 4) is 0 Å². The van der Waals surface area contributed by atoms with Gasteiger partial charge in [0.15, 0.2) is 0 Å². The molecule has 0 aromatic rings. The van der Waals surface area contributed by atoms with Gasteiger partial charge in [-0.1, -0.05) is 40.7 Å². The SMILES string of the molecule is CC(C)PC1=CCC=C1. The largest absolute Gasteiger partial charge is 0.0881 e. The Kier molecular flexibility index (Phi) is 2.48. The van der Waals surface area contributed by atoms with Gasteiger partial charge < -0.3 is 0 Å². The van der Waals surface area contributed by atoms with Gasteiger partial charge in [-0.25, -0.2) is 0 Å². The third-order valence-corrected chi connectivity index (χ3v) is 2.51. The van der Waals surface area contributed by atoms with Gasteiger partial charge in [-0.15, -0.1) is 0 Å². The Morgan fingerprint density at radius 2 is 2.33 bits per heavy atom. The Bertz CT molecular complexity index is 143. The van der Waals surface area contributed by atoms with Crippen LogP contribution in [0.5, 0.6) is 0 Å². The van der Waals surface area contributed by atoms with E-state index in [1.54, 1.807) is 5.31 Å². The highest BCUT2D eigenvalue weighted by Gasteiger charge is 1.99. The van der Waals surface area contributed by atoms with Gasteiger partial charge in [0.2, 0.25) is 0 Å². The maximum atomic E-state index is 2.32. The fourth-order valence-electron chi connectivity index (χ4n) is 0.898. The van der Waals surface area contributed by atoms with Gasteiger partial charge in [0.05, 0.1) is 0 Å². The van der Waals surface area contributed by atoms with Crippen molar-refractivity contribution >= 4 is 8.58 Å². The van der Waals surface area contributed by atoms with Crippen molar-refractivity contribution in [2.75, 3.05) is 0 Å². The predicted octanol–water partition coefficient (Wildman–Crippen LogP) is 2.92. The van der Waals surface area contributed by atoms with Crippen LogP contribution in [-0.4, -0.2) is 5.66 Å². The fourth-order valence-corrected chi connectivity index (χ4v) is 2.01. The molecular formula is C8H13P. The lowest BCUT2D eigenvalue weighted by atomic mass is 10.5. The van der Waals surface area contributed by atoms with E-state index in [0.29, 0.717) is 0 Å². The van der Waals surface area contributed by atoms with Crippen LogP contribution in [0.1, 0.15) is 20.3 Å². The summed E-state index contributed by atoms with van der Waals surface area (Å²) in [5.41, 5.74) is 0.832. The number of hydrogen-bond acceptors (Lipinski definition) is 0. The molecule has 0 fully saturated rings. The molecular weight excluding hydrogens is 127 g/mol. The second kappa shape index (κ2) is 3.17. The highest BCUT2D eigenvalue weighted by atomic mass is 31.1. The molecule has 1 unspecified atom stereocenters. The molecule has 0 bridgehead atoms. The lowest BCUT2D eigenvalue weighted by Gasteiger charge is -2.02. The van der Waals surface area contributed by atoms with Crippen LogP contribution in [-0.2, 0) is 0 Å². The summed E-state index contributed by atoms with van der Waals surface area (Å²) in [5, 5.41) is 1.55. The first-order chi connectivity index (χ1) is 4.29. The summed E-state index contributed by atoms with van der Waals surface area (Å²) in [6.45, 7) is 4.54. The zero-order valence-corrected chi connectivity index (χ0v) is 7.02. The average Bonchev–Trinajstić information content (AvgIpc) is 2.15. The van der Waals surface area contributed by atoms with Crippen LogP contribution in [0.4, 0.5) is 0 Å². The molecule has 0 N–H and O–H groups in total. The molecule has 1 heteroatoms. The molecule has 1 aliphatic carbocycles. The minimum absolute atomic E-state index is 0.832. The molecule has 1 atom stereocenters. The third kappa shape index (κ3) is 2.32. The van der Waals surface area contributed by atoms with E-state index in [9.17, 15) is 0 Å². The Morgan fingerprint density at radius 1 is 1.56 bits per heavy atom. The Morgan fingerprint density at radius 3 is 2.78 bits per heavy atom. The molecule has 0 spiro atoms. The summed E-state index contributed by atoms with van der Waals surface area (Å²) in [7, 11) is 1.02. The molecule has 1 aliphatic rings. The lowest BCUT2D eigenvalue weighted by Crippen LogP contribution is -1.80. The van der Waals surface area contributed by atoms with Crippen LogP contribution in [0, 0.1) is 0 Å². The summed E-state index contributed by atoms with van der Waals surface area (Å²) < 4.78 is 0. The Balaban J connectivity index is 2.35. The molecule has 0 amide bonds. The lowest BCUT2D eigenvalue weighted by molar-refractivity contribution is 1.11. The van der Waals surface area contributed by atoms with Gasteiger partial charge >= 0.3 is 0 Å². The first-order valence-corrected chi connectivity index (χ1v) is 4.50. The van der Waals surface area contributed by atoms with Crippen molar-refractivity contribution in [2.45, 2.75) is 25.9 Å². The molecule has 0 saturated heterocycles. The van der Waals surface area contributed by atoms with E-state index in [2.05, 4.69) is 32.1 Å². The topological polar surface area (TPSA) is 0 Å². The molecule has 0 aromatic carbocycles. The number of rotatable bonds is 2. The molecule has 0 nitrogen and oxygen atoms in total. The molecule has 1 rings (SSSR count). The fraction of sp³-hybridized carbons (Fsp3) is 0.500. The summed E-state index contributed by atoms with van der Waals surface area (Å²) in [4.78, 5) is 0. The van der Waals surface area contributed by atoms with Gasteiger partial charge in [0.25, 0.3) is 0 Å². The Labute approximate surface area is 58.8 Å². The van der Waals surface area contributed by atoms with Crippen molar-refractivity contribution in [2.24, 2.45) is 0 Å². The minimum Gasteiger partial charge on any atom is -0.0881 e. The maximum Gasteiger partial charge on any atom is -0.0157 e. The minimum atomic E-state index is 0.832. The van der Waals surface area contributed by atoms with Gasteiger partial charge in [0, 0.05) is 0 Å². The summed E-state index contributed by atoms with van der Waals surface area (Å²) >= 11 is 0. The van der Waals surface area contributed by atoms with E-state index in [4.69, 9.17) is 0 Å². The van der Waals surface area contributed by atoms with Crippen molar-refractivity contribution in [3.63, 3.8) is 0 Å². The second-order valence-corrected chi connectivity index (χ2v) is 4.62. The van der Waals surface area contributed by atoms with E-state index < -0.39 is 0 Å². The van der Waals surface area contributed by atoms with Crippen molar-refractivity contribution in [1.29, 1.82) is 0 Å². The van der Waals surface area contributed by atoms with Crippen LogP contribution in [0.3, 0.4) is 0 Å². The van der Waals surface area contributed by atoms with Crippen LogP contribution >= 0.6 is 8.58 Å². The molecule has 9 heavy (non-hydrogen) atoms. The maximum absolute atomic E-state index is 2.32. The van der Waals surface area contributed by atoms with Crippen molar-refractivity contribution in [3.05, 3.63) is 23.5 Å². The molecule has 0 aliphatic heterocycles. The number of allylic oxidation sites excluding steroid dienone is 4. The molecule has 0 heterocycles. The molecule has 0 radical (unpaired) electrons. The van der Waals surface area contributed by atoms with E-state index in [1.807, 2.05) is 0 Å². The zero-order valence-electron chi connectivity index (χ0n) is 6.02. The first-order valence-electron chi connectivity index (χ1n) is 3.42. The van der Waals surface area contributed by atoms with Crippen LogP contribution in [0.15, 0.2) is 23.5 Å². The highest BCUT2D eigenvalue weighted by molar-refractivity contribution is 7.44. The number of hydrogen-bond donors (Lipinski definition) is 0. The van der Waals surface area contributed by atoms with Crippen LogP contribution in [0.2, 0.25) is 0 Å². The van der Waals surface area contributed by atoms with E-state index >= 15 is 0 Å². The quantitative estimate of drug-likeness (QED) is 0.517. The highest BCUT2D eigenvalue weighted by Crippen LogP contribution is 2.32. The molecule has 0 aromatic heterocycles. The predicted molar refractivity (Wildman–Crippen MR) is 45.3 cm³/mol. The normalized spacial score (nSPS) is 18.3. The van der Waals surface area contributed by atoms with Gasteiger partial charge in [-0.2, -0.15) is 0 Å². The summed E-state index contributed by atoms with van der Waals surface area (Å²) in [6, 6.07) is 0. The first kappa shape index (κ1) is 7.02. The second-order valence-electron chi connectivity index (χ2n) is 2.60. The van der Waals surface area contributed by atoms with Gasteiger partial charge in [0.1, 0.15) is 0 Å². The standard InChI is InChI=1S/C8H13P/c1-7(2)9-8-5-3-4-6-8/h3,5-7,9H,4H2,1-2H3. The molecule has 0 saturated carbocycles. The van der Waals surface area contributed by atoms with E-state index in [1.165, 1.54) is 0 Å². The van der Waals surface area contributed by atoms with Crippen molar-refractivity contribution < 1.29 is 0 Å². The average molecular weight is 140 g/mol. The van der Waals surface area contributed by atoms with E-state index in [-0.39, 0.29) is 0 Å². The monoisotopic (exact) mass is 140 g/mol. The Hall–Kier alpha value is -0.0900. The summed E-state index contributed by atoms with van der Waals surface area (Å²) in [5.74, 6) is 0. The molecule has 50 valence electrons.